The highest BCUT2D eigenvalue weighted by molar-refractivity contribution is 9.10. The van der Waals surface area contributed by atoms with E-state index in [1.54, 1.807) is 18.2 Å². The topological polar surface area (TPSA) is 80.5 Å². The molecule has 0 aliphatic rings. The lowest BCUT2D eigenvalue weighted by Crippen LogP contribution is -2.27. The fourth-order valence-corrected chi connectivity index (χ4v) is 2.36. The minimum Gasteiger partial charge on any atom is -0.305 e. The van der Waals surface area contributed by atoms with Gasteiger partial charge in [0, 0.05) is 23.2 Å². The monoisotopic (exact) mass is 362 g/mol. The molecule has 6 nitrogen and oxygen atoms in total. The van der Waals surface area contributed by atoms with E-state index >= 15 is 0 Å². The number of amides is 1. The van der Waals surface area contributed by atoms with Gasteiger partial charge in [0.05, 0.1) is 10.5 Å². The highest BCUT2D eigenvalue weighted by atomic mass is 79.9. The lowest BCUT2D eigenvalue weighted by molar-refractivity contribution is -0.384. The number of rotatable bonds is 4. The molecule has 112 valence electrons. The van der Waals surface area contributed by atoms with Crippen LogP contribution in [0.3, 0.4) is 0 Å². The molecule has 0 aromatic heterocycles. The third-order valence-corrected chi connectivity index (χ3v) is 3.61. The normalized spacial score (nSPS) is 10.1. The van der Waals surface area contributed by atoms with E-state index in [9.17, 15) is 19.7 Å². The van der Waals surface area contributed by atoms with E-state index in [0.29, 0.717) is 10.8 Å². The fraction of sp³-hybridized carbons (Fsp3) is 0.0667. The molecule has 0 bridgehead atoms. The smallest absolute Gasteiger partial charge is 0.294 e. The van der Waals surface area contributed by atoms with Crippen LogP contribution in [0.1, 0.15) is 20.7 Å². The average molecular weight is 363 g/mol. The van der Waals surface area contributed by atoms with Crippen LogP contribution in [0.25, 0.3) is 0 Å². The zero-order valence-corrected chi connectivity index (χ0v) is 13.1. The third-order valence-electron chi connectivity index (χ3n) is 3.12. The number of halogens is 1. The second-order valence-corrected chi connectivity index (χ2v) is 5.38. The van der Waals surface area contributed by atoms with Gasteiger partial charge in [-0.25, -0.2) is 0 Å². The Morgan fingerprint density at radius 2 is 1.95 bits per heavy atom. The molecule has 1 amide bonds. The van der Waals surface area contributed by atoms with Crippen molar-refractivity contribution in [2.45, 2.75) is 0 Å². The van der Waals surface area contributed by atoms with Crippen molar-refractivity contribution in [3.63, 3.8) is 0 Å². The van der Waals surface area contributed by atoms with Crippen molar-refractivity contribution < 1.29 is 14.5 Å². The second-order valence-electron chi connectivity index (χ2n) is 4.46. The molecular formula is C15H11BrN2O4. The summed E-state index contributed by atoms with van der Waals surface area (Å²) in [5, 5.41) is 11.2. The summed E-state index contributed by atoms with van der Waals surface area (Å²) in [6, 6.07) is 10.7. The molecule has 0 N–H and O–H groups in total. The number of hydrogen-bond donors (Lipinski definition) is 0. The van der Waals surface area contributed by atoms with Crippen LogP contribution in [-0.4, -0.2) is 24.2 Å². The summed E-state index contributed by atoms with van der Waals surface area (Å²) in [6.07, 6.45) is 0.580. The van der Waals surface area contributed by atoms with Crippen LogP contribution in [0.4, 0.5) is 11.4 Å². The number of nitrogens with zero attached hydrogens (tertiary/aromatic N) is 2. The first-order chi connectivity index (χ1) is 10.5. The second kappa shape index (κ2) is 6.48. The first kappa shape index (κ1) is 15.8. The Balaban J connectivity index is 2.48. The predicted octanol–water partition coefficient (Wildman–Crippen LogP) is 3.45. The lowest BCUT2D eigenvalue weighted by atomic mass is 10.1. The molecule has 0 saturated heterocycles. The molecule has 0 aliphatic carbocycles. The van der Waals surface area contributed by atoms with Crippen LogP contribution in [-0.2, 0) is 0 Å². The van der Waals surface area contributed by atoms with Gasteiger partial charge in [0.1, 0.15) is 5.69 Å². The third kappa shape index (κ3) is 3.04. The Morgan fingerprint density at radius 1 is 1.27 bits per heavy atom. The van der Waals surface area contributed by atoms with Crippen molar-refractivity contribution in [3.05, 3.63) is 68.2 Å². The summed E-state index contributed by atoms with van der Waals surface area (Å²) < 4.78 is 0.539. The van der Waals surface area contributed by atoms with Crippen molar-refractivity contribution in [3.8, 4) is 0 Å². The number of hydrogen-bond acceptors (Lipinski definition) is 4. The van der Waals surface area contributed by atoms with E-state index in [2.05, 4.69) is 15.9 Å². The predicted molar refractivity (Wildman–Crippen MR) is 85.4 cm³/mol. The SMILES string of the molecule is CN(C(=O)c1ccccc1C=O)c1ccc(Br)cc1[N+](=O)[O-]. The van der Waals surface area contributed by atoms with Crippen LogP contribution >= 0.6 is 15.9 Å². The molecular weight excluding hydrogens is 352 g/mol. The van der Waals surface area contributed by atoms with Gasteiger partial charge < -0.3 is 4.90 Å². The van der Waals surface area contributed by atoms with Crippen molar-refractivity contribution >= 4 is 39.5 Å². The van der Waals surface area contributed by atoms with Gasteiger partial charge in [0.15, 0.2) is 6.29 Å². The van der Waals surface area contributed by atoms with Gasteiger partial charge in [0.2, 0.25) is 0 Å². The van der Waals surface area contributed by atoms with E-state index < -0.39 is 10.8 Å². The highest BCUT2D eigenvalue weighted by Gasteiger charge is 2.23. The van der Waals surface area contributed by atoms with Gasteiger partial charge in [-0.15, -0.1) is 0 Å². The van der Waals surface area contributed by atoms with E-state index in [1.807, 2.05) is 0 Å². The maximum absolute atomic E-state index is 12.5. The highest BCUT2D eigenvalue weighted by Crippen LogP contribution is 2.31. The van der Waals surface area contributed by atoms with Gasteiger partial charge in [-0.3, -0.25) is 19.7 Å². The van der Waals surface area contributed by atoms with Crippen molar-refractivity contribution in [2.75, 3.05) is 11.9 Å². The fourth-order valence-electron chi connectivity index (χ4n) is 2.01. The molecule has 2 rings (SSSR count). The number of aldehydes is 1. The summed E-state index contributed by atoms with van der Waals surface area (Å²) in [7, 11) is 1.43. The first-order valence-corrected chi connectivity index (χ1v) is 7.01. The van der Waals surface area contributed by atoms with E-state index in [4.69, 9.17) is 0 Å². The Hall–Kier alpha value is -2.54. The minimum absolute atomic E-state index is 0.152. The van der Waals surface area contributed by atoms with Crippen LogP contribution in [0.15, 0.2) is 46.9 Å². The quantitative estimate of drug-likeness (QED) is 0.473. The maximum atomic E-state index is 12.5. The van der Waals surface area contributed by atoms with Gasteiger partial charge in [0.25, 0.3) is 11.6 Å². The average Bonchev–Trinajstić information content (AvgIpc) is 2.53. The Bertz CT molecular complexity index is 761. The number of carbonyl (C=O) groups excluding carboxylic acids is 2. The van der Waals surface area contributed by atoms with E-state index in [1.165, 1.54) is 31.3 Å². The van der Waals surface area contributed by atoms with E-state index in [-0.39, 0.29) is 22.5 Å². The summed E-state index contributed by atoms with van der Waals surface area (Å²) in [5.41, 5.74) is 0.379. The van der Waals surface area contributed by atoms with Crippen molar-refractivity contribution in [2.24, 2.45) is 0 Å². The molecule has 0 heterocycles. The largest absolute Gasteiger partial charge is 0.305 e. The number of carbonyl (C=O) groups is 2. The van der Waals surface area contributed by atoms with Gasteiger partial charge in [-0.1, -0.05) is 34.1 Å². The Kier molecular flexibility index (Phi) is 4.67. The molecule has 0 aliphatic heterocycles. The summed E-state index contributed by atoms with van der Waals surface area (Å²) in [4.78, 5) is 35.3. The summed E-state index contributed by atoms with van der Waals surface area (Å²) in [6.45, 7) is 0. The van der Waals surface area contributed by atoms with Crippen LogP contribution in [0.2, 0.25) is 0 Å². The number of nitro benzene ring substituents is 1. The number of benzene rings is 2. The zero-order chi connectivity index (χ0) is 16.3. The van der Waals surface area contributed by atoms with Crippen LogP contribution in [0, 0.1) is 10.1 Å². The molecule has 0 atom stereocenters. The van der Waals surface area contributed by atoms with Crippen molar-refractivity contribution in [1.29, 1.82) is 0 Å². The molecule has 0 unspecified atom stereocenters. The number of anilines is 1. The molecule has 22 heavy (non-hydrogen) atoms. The van der Waals surface area contributed by atoms with Gasteiger partial charge >= 0.3 is 0 Å². The summed E-state index contributed by atoms with van der Waals surface area (Å²) >= 11 is 3.16. The van der Waals surface area contributed by atoms with E-state index in [0.717, 1.165) is 4.90 Å². The minimum atomic E-state index is -0.560. The summed E-state index contributed by atoms with van der Waals surface area (Å²) in [5.74, 6) is -0.492. The van der Waals surface area contributed by atoms with Gasteiger partial charge in [-0.2, -0.15) is 0 Å². The standard InChI is InChI=1S/C15H11BrN2O4/c1-17(13-7-6-11(16)8-14(13)18(21)22)15(20)12-5-3-2-4-10(12)9-19/h2-9H,1H3. The molecule has 2 aromatic rings. The number of nitro groups is 1. The molecule has 7 heteroatoms. The van der Waals surface area contributed by atoms with Crippen LogP contribution < -0.4 is 4.90 Å². The Morgan fingerprint density at radius 3 is 2.59 bits per heavy atom. The van der Waals surface area contributed by atoms with Crippen LogP contribution in [0.5, 0.6) is 0 Å². The Labute approximate surface area is 134 Å². The molecule has 2 aromatic carbocycles. The first-order valence-electron chi connectivity index (χ1n) is 6.22. The zero-order valence-electron chi connectivity index (χ0n) is 11.5. The molecule has 0 radical (unpaired) electrons. The molecule has 0 fully saturated rings. The maximum Gasteiger partial charge on any atom is 0.294 e. The molecule has 0 spiro atoms. The van der Waals surface area contributed by atoms with Gasteiger partial charge in [-0.05, 0) is 18.2 Å². The van der Waals surface area contributed by atoms with Crippen molar-refractivity contribution in [1.82, 2.24) is 0 Å². The molecule has 0 saturated carbocycles. The lowest BCUT2D eigenvalue weighted by Gasteiger charge is -2.18.